The molecule has 4 heterocycles. The third-order valence-electron chi connectivity index (χ3n) is 6.01. The highest BCUT2D eigenvalue weighted by Gasteiger charge is 2.55. The molecule has 9 nitrogen and oxygen atoms in total. The molecular weight excluding hydrogens is 372 g/mol. The summed E-state index contributed by atoms with van der Waals surface area (Å²) in [5, 5.41) is 9.53. The zero-order valence-corrected chi connectivity index (χ0v) is 16.0. The lowest BCUT2D eigenvalue weighted by molar-refractivity contribution is -0.122. The second kappa shape index (κ2) is 6.85. The van der Waals surface area contributed by atoms with Crippen LogP contribution < -0.4 is 10.6 Å². The molecule has 0 radical (unpaired) electrons. The second-order valence-electron chi connectivity index (χ2n) is 7.63. The van der Waals surface area contributed by atoms with Crippen LogP contribution in [0.2, 0.25) is 0 Å². The molecule has 0 atom stereocenters. The Morgan fingerprint density at radius 1 is 1.21 bits per heavy atom. The molecule has 150 valence electrons. The van der Waals surface area contributed by atoms with Gasteiger partial charge in [0.15, 0.2) is 11.6 Å². The smallest absolute Gasteiger partial charge is 0.243 e. The molecule has 0 saturated heterocycles. The Morgan fingerprint density at radius 3 is 2.62 bits per heavy atom. The van der Waals surface area contributed by atoms with Gasteiger partial charge in [0, 0.05) is 0 Å². The first-order valence-corrected chi connectivity index (χ1v) is 9.85. The fourth-order valence-electron chi connectivity index (χ4n) is 4.64. The topological polar surface area (TPSA) is 127 Å². The van der Waals surface area contributed by atoms with Crippen LogP contribution in [0.4, 0.5) is 17.3 Å². The lowest BCUT2D eigenvalue weighted by atomic mass is 9.80. The largest absolute Gasteiger partial charge is 0.388 e. The molecule has 3 N–H and O–H groups in total. The molecule has 0 bridgehead atoms. The lowest BCUT2D eigenvalue weighted by Gasteiger charge is -2.23. The molecule has 1 saturated carbocycles. The number of rotatable bonds is 3. The molecule has 1 spiro atoms. The number of amides is 1. The van der Waals surface area contributed by atoms with Gasteiger partial charge in [0.1, 0.15) is 18.2 Å². The van der Waals surface area contributed by atoms with Crippen LogP contribution in [0.25, 0.3) is 5.57 Å². The van der Waals surface area contributed by atoms with Crippen molar-refractivity contribution in [2.45, 2.75) is 44.1 Å². The summed E-state index contributed by atoms with van der Waals surface area (Å²) >= 11 is 0. The summed E-state index contributed by atoms with van der Waals surface area (Å²) in [5.41, 5.74) is 7.79. The number of ether oxygens (including phenoxy) is 1. The van der Waals surface area contributed by atoms with Gasteiger partial charge in [-0.1, -0.05) is 18.9 Å². The Hall–Kier alpha value is -2.91. The van der Waals surface area contributed by atoms with Crippen LogP contribution in [0.5, 0.6) is 0 Å². The van der Waals surface area contributed by atoms with E-state index in [-0.39, 0.29) is 24.2 Å². The number of anilines is 3. The van der Waals surface area contributed by atoms with Gasteiger partial charge < -0.3 is 15.6 Å². The van der Waals surface area contributed by atoms with Crippen LogP contribution in [0, 0.1) is 0 Å². The lowest BCUT2D eigenvalue weighted by Crippen LogP contribution is -2.36. The molecule has 2 aromatic rings. The number of fused-ring (bicyclic) bond motifs is 2. The van der Waals surface area contributed by atoms with Crippen LogP contribution in [0.1, 0.15) is 49.3 Å². The minimum Gasteiger partial charge on any atom is -0.388 e. The molecule has 1 amide bonds. The average molecular weight is 394 g/mol. The highest BCUT2D eigenvalue weighted by Crippen LogP contribution is 2.54. The van der Waals surface area contributed by atoms with Gasteiger partial charge in [0.25, 0.3) is 0 Å². The monoisotopic (exact) mass is 394 g/mol. The van der Waals surface area contributed by atoms with Gasteiger partial charge in [0.2, 0.25) is 5.91 Å². The molecule has 3 aliphatic rings. The molecule has 9 heteroatoms. The molecule has 5 rings (SSSR count). The molecule has 2 aliphatic heterocycles. The van der Waals surface area contributed by atoms with Crippen molar-refractivity contribution >= 4 is 28.8 Å². The molecule has 1 aliphatic carbocycles. The van der Waals surface area contributed by atoms with E-state index in [4.69, 9.17) is 10.5 Å². The van der Waals surface area contributed by atoms with E-state index in [0.29, 0.717) is 48.9 Å². The predicted molar refractivity (Wildman–Crippen MR) is 105 cm³/mol. The zero-order valence-electron chi connectivity index (χ0n) is 16.0. The van der Waals surface area contributed by atoms with E-state index in [0.717, 1.165) is 24.8 Å². The second-order valence-corrected chi connectivity index (χ2v) is 7.63. The van der Waals surface area contributed by atoms with Gasteiger partial charge in [-0.25, -0.2) is 19.9 Å². The van der Waals surface area contributed by atoms with E-state index < -0.39 is 5.41 Å². The van der Waals surface area contributed by atoms with E-state index in [1.54, 1.807) is 17.3 Å². The maximum atomic E-state index is 13.6. The summed E-state index contributed by atoms with van der Waals surface area (Å²) in [6.07, 6.45) is 9.36. The van der Waals surface area contributed by atoms with Gasteiger partial charge in [-0.3, -0.25) is 9.69 Å². The number of aliphatic hydroxyl groups is 1. The standard InChI is InChI=1S/C20H22N6O3/c21-16-15-18(25-14(11-27)24-16)26(19(28)20(15)5-1-2-6-20)13-9-22-17(23-10-13)12-3-7-29-8-4-12/h3,9-10,27H,1-2,4-8,11H2,(H2,21,24,25). The first-order valence-electron chi connectivity index (χ1n) is 9.85. The average Bonchev–Trinajstić information content (AvgIpc) is 3.33. The highest BCUT2D eigenvalue weighted by molar-refractivity contribution is 6.13. The van der Waals surface area contributed by atoms with Crippen molar-refractivity contribution in [3.8, 4) is 0 Å². The van der Waals surface area contributed by atoms with Gasteiger partial charge in [-0.05, 0) is 24.8 Å². The quantitative estimate of drug-likeness (QED) is 0.804. The summed E-state index contributed by atoms with van der Waals surface area (Å²) in [7, 11) is 0. The van der Waals surface area contributed by atoms with Gasteiger partial charge in [0.05, 0.1) is 42.3 Å². The number of carbonyl (C=O) groups is 1. The minimum atomic E-state index is -0.699. The Bertz CT molecular complexity index is 998. The fraction of sp³-hybridized carbons (Fsp3) is 0.450. The normalized spacial score (nSPS) is 20.2. The molecule has 29 heavy (non-hydrogen) atoms. The van der Waals surface area contributed by atoms with Crippen molar-refractivity contribution in [3.05, 3.63) is 35.7 Å². The number of nitrogens with two attached hydrogens (primary N) is 1. The van der Waals surface area contributed by atoms with Crippen molar-refractivity contribution in [2.75, 3.05) is 23.8 Å². The molecule has 1 fully saturated rings. The summed E-state index contributed by atoms with van der Waals surface area (Å²) in [5.74, 6) is 1.47. The summed E-state index contributed by atoms with van der Waals surface area (Å²) in [6.45, 7) is 0.858. The van der Waals surface area contributed by atoms with Crippen molar-refractivity contribution < 1.29 is 14.6 Å². The van der Waals surface area contributed by atoms with Crippen LogP contribution in [0.15, 0.2) is 18.5 Å². The SMILES string of the molecule is Nc1nc(CO)nc2c1C1(CCCC1)C(=O)N2c1cnc(C2=CCOCC2)nc1. The molecule has 2 aromatic heterocycles. The Balaban J connectivity index is 1.60. The van der Waals surface area contributed by atoms with E-state index in [1.165, 1.54) is 0 Å². The van der Waals surface area contributed by atoms with Crippen molar-refractivity contribution in [1.82, 2.24) is 19.9 Å². The maximum Gasteiger partial charge on any atom is 0.243 e. The maximum absolute atomic E-state index is 13.6. The first kappa shape index (κ1) is 18.1. The molecular formula is C20H22N6O3. The fourth-order valence-corrected chi connectivity index (χ4v) is 4.64. The Kier molecular flexibility index (Phi) is 4.29. The van der Waals surface area contributed by atoms with Gasteiger partial charge >= 0.3 is 0 Å². The third kappa shape index (κ3) is 2.72. The third-order valence-corrected chi connectivity index (χ3v) is 6.01. The Morgan fingerprint density at radius 2 is 1.97 bits per heavy atom. The van der Waals surface area contributed by atoms with E-state index in [2.05, 4.69) is 19.9 Å². The molecule has 0 unspecified atom stereocenters. The molecule has 0 aromatic carbocycles. The van der Waals surface area contributed by atoms with Crippen molar-refractivity contribution in [2.24, 2.45) is 0 Å². The van der Waals surface area contributed by atoms with E-state index in [1.807, 2.05) is 6.08 Å². The van der Waals surface area contributed by atoms with Crippen LogP contribution in [-0.4, -0.2) is 44.2 Å². The number of nitrogen functional groups attached to an aromatic ring is 1. The summed E-state index contributed by atoms with van der Waals surface area (Å²) in [6, 6.07) is 0. The van der Waals surface area contributed by atoms with Crippen molar-refractivity contribution in [3.63, 3.8) is 0 Å². The predicted octanol–water partition coefficient (Wildman–Crippen LogP) is 1.63. The summed E-state index contributed by atoms with van der Waals surface area (Å²) < 4.78 is 5.33. The number of aliphatic hydroxyl groups excluding tert-OH is 1. The number of aromatic nitrogens is 4. The highest BCUT2D eigenvalue weighted by atomic mass is 16.5. The van der Waals surface area contributed by atoms with Crippen LogP contribution in [-0.2, 0) is 21.6 Å². The Labute approximate surface area is 167 Å². The van der Waals surface area contributed by atoms with E-state index >= 15 is 0 Å². The van der Waals surface area contributed by atoms with Crippen molar-refractivity contribution in [1.29, 1.82) is 0 Å². The first-order chi connectivity index (χ1) is 14.1. The zero-order chi connectivity index (χ0) is 20.0. The minimum absolute atomic E-state index is 0.0669. The number of hydrogen-bond acceptors (Lipinski definition) is 8. The summed E-state index contributed by atoms with van der Waals surface area (Å²) in [4.78, 5) is 32.7. The van der Waals surface area contributed by atoms with Crippen LogP contribution >= 0.6 is 0 Å². The number of hydrogen-bond donors (Lipinski definition) is 2. The number of carbonyl (C=O) groups excluding carboxylic acids is 1. The van der Waals surface area contributed by atoms with Crippen LogP contribution in [0.3, 0.4) is 0 Å². The van der Waals surface area contributed by atoms with Gasteiger partial charge in [-0.15, -0.1) is 0 Å². The van der Waals surface area contributed by atoms with Gasteiger partial charge in [-0.2, -0.15) is 0 Å². The number of nitrogens with zero attached hydrogens (tertiary/aromatic N) is 5. The van der Waals surface area contributed by atoms with E-state index in [9.17, 15) is 9.90 Å².